The van der Waals surface area contributed by atoms with Crippen LogP contribution >= 0.6 is 0 Å². The second-order valence-electron chi connectivity index (χ2n) is 4.84. The molecule has 20 heavy (non-hydrogen) atoms. The SMILES string of the molecule is CCC(C)N(CCC[Si](OC)(OC)OC)CCC(=O)O. The van der Waals surface area contributed by atoms with Crippen LogP contribution in [0.3, 0.4) is 0 Å². The highest BCUT2D eigenvalue weighted by Crippen LogP contribution is 2.16. The number of carboxylic acid groups (broad SMARTS) is 1. The van der Waals surface area contributed by atoms with Gasteiger partial charge in [-0.15, -0.1) is 0 Å². The Labute approximate surface area is 123 Å². The van der Waals surface area contributed by atoms with Gasteiger partial charge in [-0.3, -0.25) is 4.79 Å². The molecule has 0 aliphatic rings. The number of aliphatic carboxylic acids is 1. The molecule has 0 aliphatic carbocycles. The Balaban J connectivity index is 4.34. The van der Waals surface area contributed by atoms with E-state index in [-0.39, 0.29) is 6.42 Å². The lowest BCUT2D eigenvalue weighted by Gasteiger charge is -2.29. The highest BCUT2D eigenvalue weighted by Gasteiger charge is 2.37. The standard InChI is InChI=1S/C13H29NO5Si/c1-6-12(2)14(10-8-13(15)16)9-7-11-20(17-3,18-4)19-5/h12H,6-11H2,1-5H3,(H,15,16). The van der Waals surface area contributed by atoms with Crippen LogP contribution in [0.1, 0.15) is 33.1 Å². The van der Waals surface area contributed by atoms with Gasteiger partial charge in [-0.1, -0.05) is 6.92 Å². The summed E-state index contributed by atoms with van der Waals surface area (Å²) in [4.78, 5) is 12.9. The van der Waals surface area contributed by atoms with Crippen molar-refractivity contribution in [3.63, 3.8) is 0 Å². The van der Waals surface area contributed by atoms with E-state index in [0.717, 1.165) is 25.4 Å². The number of hydrogen-bond donors (Lipinski definition) is 1. The molecule has 7 heteroatoms. The van der Waals surface area contributed by atoms with Gasteiger partial charge in [0.1, 0.15) is 0 Å². The van der Waals surface area contributed by atoms with Crippen molar-refractivity contribution in [2.75, 3.05) is 34.4 Å². The third-order valence-electron chi connectivity index (χ3n) is 3.69. The largest absolute Gasteiger partial charge is 0.500 e. The van der Waals surface area contributed by atoms with Crippen molar-refractivity contribution in [3.8, 4) is 0 Å². The van der Waals surface area contributed by atoms with Crippen LogP contribution in [0.25, 0.3) is 0 Å². The van der Waals surface area contributed by atoms with Crippen molar-refractivity contribution < 1.29 is 23.2 Å². The van der Waals surface area contributed by atoms with E-state index in [2.05, 4.69) is 18.7 Å². The van der Waals surface area contributed by atoms with Crippen LogP contribution in [0.15, 0.2) is 0 Å². The Morgan fingerprint density at radius 1 is 1.20 bits per heavy atom. The number of carboxylic acids is 1. The van der Waals surface area contributed by atoms with E-state index < -0.39 is 14.8 Å². The van der Waals surface area contributed by atoms with E-state index >= 15 is 0 Å². The summed E-state index contributed by atoms with van der Waals surface area (Å²) >= 11 is 0. The smallest absolute Gasteiger partial charge is 0.481 e. The van der Waals surface area contributed by atoms with E-state index in [9.17, 15) is 4.79 Å². The molecule has 0 aromatic carbocycles. The minimum Gasteiger partial charge on any atom is -0.481 e. The lowest BCUT2D eigenvalue weighted by molar-refractivity contribution is -0.137. The van der Waals surface area contributed by atoms with Crippen LogP contribution in [0, 0.1) is 0 Å². The molecular formula is C13H29NO5Si. The van der Waals surface area contributed by atoms with Gasteiger partial charge in [-0.05, 0) is 26.3 Å². The molecule has 0 saturated heterocycles. The fourth-order valence-corrected chi connectivity index (χ4v) is 3.81. The molecule has 0 saturated carbocycles. The molecule has 0 bridgehead atoms. The average Bonchev–Trinajstić information content (AvgIpc) is 2.46. The summed E-state index contributed by atoms with van der Waals surface area (Å²) in [6.07, 6.45) is 2.04. The third-order valence-corrected chi connectivity index (χ3v) is 6.52. The van der Waals surface area contributed by atoms with Crippen LogP contribution < -0.4 is 0 Å². The molecule has 0 aliphatic heterocycles. The van der Waals surface area contributed by atoms with Crippen LogP contribution in [0.4, 0.5) is 0 Å². The first-order valence-corrected chi connectivity index (χ1v) is 8.99. The number of rotatable bonds is 12. The van der Waals surface area contributed by atoms with Crippen molar-refractivity contribution in [3.05, 3.63) is 0 Å². The molecule has 0 heterocycles. The summed E-state index contributed by atoms with van der Waals surface area (Å²) in [5.74, 6) is -0.757. The molecular weight excluding hydrogens is 278 g/mol. The Bertz CT molecular complexity index is 265. The molecule has 0 fully saturated rings. The Hall–Kier alpha value is -0.473. The van der Waals surface area contributed by atoms with E-state index in [1.54, 1.807) is 21.3 Å². The highest BCUT2D eigenvalue weighted by molar-refractivity contribution is 6.60. The molecule has 0 spiro atoms. The Kier molecular flexibility index (Phi) is 10.0. The first kappa shape index (κ1) is 19.5. The highest BCUT2D eigenvalue weighted by atomic mass is 28.4. The fourth-order valence-electron chi connectivity index (χ4n) is 2.10. The lowest BCUT2D eigenvalue weighted by atomic mass is 10.2. The second kappa shape index (κ2) is 10.3. The predicted octanol–water partition coefficient (Wildman–Crippen LogP) is 1.83. The summed E-state index contributed by atoms with van der Waals surface area (Å²) < 4.78 is 16.2. The maximum absolute atomic E-state index is 10.7. The van der Waals surface area contributed by atoms with Gasteiger partial charge < -0.3 is 23.3 Å². The second-order valence-corrected chi connectivity index (χ2v) is 7.93. The zero-order valence-electron chi connectivity index (χ0n) is 13.3. The molecule has 1 atom stereocenters. The molecule has 120 valence electrons. The maximum Gasteiger partial charge on any atom is 0.500 e. The van der Waals surface area contributed by atoms with Gasteiger partial charge in [0.05, 0.1) is 6.42 Å². The molecule has 1 unspecified atom stereocenters. The van der Waals surface area contributed by atoms with Crippen molar-refractivity contribution in [2.24, 2.45) is 0 Å². The van der Waals surface area contributed by atoms with Gasteiger partial charge in [-0.25, -0.2) is 0 Å². The van der Waals surface area contributed by atoms with E-state index in [1.165, 1.54) is 0 Å². The van der Waals surface area contributed by atoms with Gasteiger partial charge in [0.15, 0.2) is 0 Å². The summed E-state index contributed by atoms with van der Waals surface area (Å²) in [6.45, 7) is 5.63. The summed E-state index contributed by atoms with van der Waals surface area (Å²) in [7, 11) is 2.30. The summed E-state index contributed by atoms with van der Waals surface area (Å²) in [5, 5.41) is 8.81. The molecule has 6 nitrogen and oxygen atoms in total. The van der Waals surface area contributed by atoms with Gasteiger partial charge >= 0.3 is 14.8 Å². The quantitative estimate of drug-likeness (QED) is 0.555. The first-order valence-electron chi connectivity index (χ1n) is 7.06. The van der Waals surface area contributed by atoms with Crippen molar-refractivity contribution in [1.29, 1.82) is 0 Å². The van der Waals surface area contributed by atoms with Gasteiger partial charge in [-0.2, -0.15) is 0 Å². The van der Waals surface area contributed by atoms with Crippen molar-refractivity contribution in [1.82, 2.24) is 4.90 Å². The monoisotopic (exact) mass is 307 g/mol. The third kappa shape index (κ3) is 6.80. The van der Waals surface area contributed by atoms with Crippen LogP contribution in [0.5, 0.6) is 0 Å². The van der Waals surface area contributed by atoms with Gasteiger partial charge in [0.25, 0.3) is 0 Å². The van der Waals surface area contributed by atoms with Crippen molar-refractivity contribution >= 4 is 14.8 Å². The van der Waals surface area contributed by atoms with Gasteiger partial charge in [0.2, 0.25) is 0 Å². The predicted molar refractivity (Wildman–Crippen MR) is 79.8 cm³/mol. The topological polar surface area (TPSA) is 68.2 Å². The summed E-state index contributed by atoms with van der Waals surface area (Å²) in [6, 6.07) is 1.11. The zero-order valence-corrected chi connectivity index (χ0v) is 14.3. The first-order chi connectivity index (χ1) is 9.44. The number of hydrogen-bond acceptors (Lipinski definition) is 5. The van der Waals surface area contributed by atoms with E-state index in [4.69, 9.17) is 18.4 Å². The Morgan fingerprint density at radius 2 is 1.75 bits per heavy atom. The van der Waals surface area contributed by atoms with Gasteiger partial charge in [0, 0.05) is 40.0 Å². The summed E-state index contributed by atoms with van der Waals surface area (Å²) in [5.41, 5.74) is 0. The van der Waals surface area contributed by atoms with Crippen LogP contribution in [-0.2, 0) is 18.1 Å². The minimum atomic E-state index is -2.52. The molecule has 0 radical (unpaired) electrons. The molecule has 0 aromatic heterocycles. The molecule has 0 aromatic rings. The maximum atomic E-state index is 10.7. The molecule has 1 N–H and O–H groups in total. The minimum absolute atomic E-state index is 0.172. The average molecular weight is 307 g/mol. The fraction of sp³-hybridized carbons (Fsp3) is 0.923. The van der Waals surface area contributed by atoms with E-state index in [1.807, 2.05) is 0 Å². The normalized spacial score (nSPS) is 13.7. The molecule has 0 amide bonds. The van der Waals surface area contributed by atoms with E-state index in [0.29, 0.717) is 12.6 Å². The Morgan fingerprint density at radius 3 is 2.15 bits per heavy atom. The van der Waals surface area contributed by atoms with Crippen molar-refractivity contribution in [2.45, 2.75) is 45.2 Å². The van der Waals surface area contributed by atoms with Crippen LogP contribution in [0.2, 0.25) is 6.04 Å². The van der Waals surface area contributed by atoms with Crippen LogP contribution in [-0.4, -0.2) is 65.2 Å². The number of nitrogens with zero attached hydrogens (tertiary/aromatic N) is 1. The molecule has 0 rings (SSSR count). The number of carbonyl (C=O) groups is 1. The zero-order chi connectivity index (χ0) is 15.6. The lowest BCUT2D eigenvalue weighted by Crippen LogP contribution is -2.44.